The van der Waals surface area contributed by atoms with Crippen molar-refractivity contribution >= 4 is 24.2 Å². The van der Waals surface area contributed by atoms with E-state index in [0.717, 1.165) is 5.57 Å². The zero-order chi connectivity index (χ0) is 24.9. The van der Waals surface area contributed by atoms with Gasteiger partial charge in [-0.25, -0.2) is 19.6 Å². The number of likely N-dealkylation sites (N-methyl/N-ethyl adjacent to an activating group) is 1. The number of aromatic carboxylic acids is 1. The number of ether oxygens (including phenoxy) is 1. The van der Waals surface area contributed by atoms with Gasteiger partial charge >= 0.3 is 12.1 Å². The van der Waals surface area contributed by atoms with Gasteiger partial charge in [-0.15, -0.1) is 0 Å². The molecule has 12 nitrogen and oxygen atoms in total. The normalized spacial score (nSPS) is 23.1. The van der Waals surface area contributed by atoms with Gasteiger partial charge in [0, 0.05) is 63.1 Å². The van der Waals surface area contributed by atoms with Crippen LogP contribution in [0.4, 0.5) is 10.7 Å². The third kappa shape index (κ3) is 6.41. The number of carboxylic acids is 1. The first-order chi connectivity index (χ1) is 16.0. The van der Waals surface area contributed by atoms with Crippen molar-refractivity contribution in [2.45, 2.75) is 45.1 Å². The van der Waals surface area contributed by atoms with Crippen molar-refractivity contribution < 1.29 is 19.4 Å². The molecule has 0 saturated carbocycles. The Morgan fingerprint density at radius 1 is 1.29 bits per heavy atom. The number of piperazine rings is 1. The van der Waals surface area contributed by atoms with Crippen molar-refractivity contribution in [1.29, 1.82) is 0 Å². The molecule has 1 amide bonds. The number of alkyl carbamates (subject to hydrolysis) is 1. The van der Waals surface area contributed by atoms with Crippen LogP contribution in [0.25, 0.3) is 0 Å². The van der Waals surface area contributed by atoms with Gasteiger partial charge in [-0.1, -0.05) is 0 Å². The molecule has 12 heteroatoms. The van der Waals surface area contributed by atoms with Crippen LogP contribution in [0.3, 0.4) is 0 Å². The van der Waals surface area contributed by atoms with Crippen molar-refractivity contribution in [3.05, 3.63) is 29.7 Å². The topological polar surface area (TPSA) is 144 Å². The van der Waals surface area contributed by atoms with Gasteiger partial charge in [-0.2, -0.15) is 0 Å². The molecular formula is C22H34N8O4. The minimum absolute atomic E-state index is 0.0578. The molecule has 0 radical (unpaired) electrons. The number of nitrogens with one attached hydrogen (secondary N) is 3. The fourth-order valence-corrected chi connectivity index (χ4v) is 3.77. The fourth-order valence-electron chi connectivity index (χ4n) is 3.77. The molecule has 3 heterocycles. The number of carbonyl (C=O) groups is 2. The molecule has 3 rings (SSSR count). The molecule has 1 aromatic heterocycles. The molecule has 34 heavy (non-hydrogen) atoms. The second kappa shape index (κ2) is 10.3. The Kier molecular flexibility index (Phi) is 7.72. The zero-order valence-electron chi connectivity index (χ0n) is 20.3. The van der Waals surface area contributed by atoms with Gasteiger partial charge in [-0.05, 0) is 34.7 Å². The lowest BCUT2D eigenvalue weighted by molar-refractivity contribution is 0.0531. The molecule has 1 saturated heterocycles. The van der Waals surface area contributed by atoms with Crippen LogP contribution in [0.1, 0.15) is 38.1 Å². The third-order valence-corrected chi connectivity index (χ3v) is 5.53. The summed E-state index contributed by atoms with van der Waals surface area (Å²) in [5, 5.41) is 18.4. The number of hydrogen-bond acceptors (Lipinski definition) is 10. The van der Waals surface area contributed by atoms with E-state index in [9.17, 15) is 9.59 Å². The van der Waals surface area contributed by atoms with Crippen LogP contribution in [0.5, 0.6) is 0 Å². The van der Waals surface area contributed by atoms with E-state index in [1.165, 1.54) is 12.4 Å². The van der Waals surface area contributed by atoms with Crippen molar-refractivity contribution in [2.75, 3.05) is 44.7 Å². The summed E-state index contributed by atoms with van der Waals surface area (Å²) in [6.45, 7) is 10.5. The molecule has 4 N–H and O–H groups in total. The predicted molar refractivity (Wildman–Crippen MR) is 128 cm³/mol. The van der Waals surface area contributed by atoms with Gasteiger partial charge in [0.15, 0.2) is 5.79 Å². The number of nitrogens with zero attached hydrogens (tertiary/aromatic N) is 5. The first-order valence-corrected chi connectivity index (χ1v) is 11.2. The lowest BCUT2D eigenvalue weighted by Gasteiger charge is -2.48. The highest BCUT2D eigenvalue weighted by Gasteiger charge is 2.38. The number of anilines is 1. The molecule has 2 aliphatic heterocycles. The number of amides is 1. The Bertz CT molecular complexity index is 943. The van der Waals surface area contributed by atoms with E-state index < -0.39 is 23.5 Å². The van der Waals surface area contributed by atoms with Crippen LogP contribution in [0, 0.1) is 0 Å². The highest BCUT2D eigenvalue weighted by atomic mass is 16.6. The molecule has 0 aromatic carbocycles. The van der Waals surface area contributed by atoms with E-state index in [0.29, 0.717) is 38.7 Å². The quantitative estimate of drug-likeness (QED) is 0.444. The highest BCUT2D eigenvalue weighted by Crippen LogP contribution is 2.24. The van der Waals surface area contributed by atoms with Gasteiger partial charge < -0.3 is 30.7 Å². The molecule has 2 unspecified atom stereocenters. The van der Waals surface area contributed by atoms with Crippen LogP contribution in [-0.4, -0.2) is 95.5 Å². The van der Waals surface area contributed by atoms with E-state index in [1.807, 2.05) is 40.9 Å². The Hall–Kier alpha value is -3.25. The summed E-state index contributed by atoms with van der Waals surface area (Å²) >= 11 is 0. The van der Waals surface area contributed by atoms with Crippen molar-refractivity contribution in [2.24, 2.45) is 4.99 Å². The Labute approximate surface area is 199 Å². The number of aliphatic imine (C=N–C) groups is 1. The van der Waals surface area contributed by atoms with E-state index in [4.69, 9.17) is 14.8 Å². The zero-order valence-corrected chi connectivity index (χ0v) is 20.3. The molecule has 2 atom stereocenters. The average molecular weight is 475 g/mol. The van der Waals surface area contributed by atoms with Crippen molar-refractivity contribution in [3.63, 3.8) is 0 Å². The van der Waals surface area contributed by atoms with Crippen LogP contribution in [-0.2, 0) is 4.74 Å². The molecule has 186 valence electrons. The summed E-state index contributed by atoms with van der Waals surface area (Å²) in [4.78, 5) is 40.6. The first kappa shape index (κ1) is 25.4. The number of carboxylic acid groups (broad SMARTS) is 1. The number of carbonyl (C=O) groups excluding carboxylic acids is 1. The fraction of sp³-hybridized carbons (Fsp3) is 0.591. The number of aromatic nitrogens is 2. The van der Waals surface area contributed by atoms with E-state index in [1.54, 1.807) is 6.21 Å². The minimum Gasteiger partial charge on any atom is -0.478 e. The van der Waals surface area contributed by atoms with Crippen LogP contribution in [0.2, 0.25) is 0 Å². The summed E-state index contributed by atoms with van der Waals surface area (Å²) in [6, 6.07) is 0.0578. The SMILES string of the molecule is CNCC1CN(C2(C)N=CC(CNC(=O)OC(C)(C)C)=CN2)CCN1c1ncc(C(=O)O)cn1. The maximum atomic E-state index is 11.9. The van der Waals surface area contributed by atoms with Gasteiger partial charge in [0.25, 0.3) is 0 Å². The van der Waals surface area contributed by atoms with Crippen LogP contribution in [0.15, 0.2) is 29.2 Å². The average Bonchev–Trinajstić information content (AvgIpc) is 2.78. The predicted octanol–water partition coefficient (Wildman–Crippen LogP) is 0.641. The minimum atomic E-state index is -1.05. The first-order valence-electron chi connectivity index (χ1n) is 11.2. The maximum absolute atomic E-state index is 11.9. The summed E-state index contributed by atoms with van der Waals surface area (Å²) in [5.74, 6) is -1.18. The van der Waals surface area contributed by atoms with Gasteiger partial charge in [-0.3, -0.25) is 9.89 Å². The van der Waals surface area contributed by atoms with Gasteiger partial charge in [0.05, 0.1) is 11.6 Å². The second-order valence-corrected chi connectivity index (χ2v) is 9.43. The smallest absolute Gasteiger partial charge is 0.407 e. The Morgan fingerprint density at radius 3 is 2.56 bits per heavy atom. The summed E-state index contributed by atoms with van der Waals surface area (Å²) in [7, 11) is 1.89. The maximum Gasteiger partial charge on any atom is 0.407 e. The van der Waals surface area contributed by atoms with Crippen molar-refractivity contribution in [1.82, 2.24) is 30.8 Å². The molecule has 2 aliphatic rings. The van der Waals surface area contributed by atoms with Gasteiger partial charge in [0.1, 0.15) is 5.60 Å². The standard InChI is InChI=1S/C22H34N8O4/c1-21(2,3)34-20(33)26-8-15-9-27-22(4,28-10-15)29-6-7-30(17(14-29)13-23-5)19-24-11-16(12-25-19)18(31)32/h9-12,17,23,27H,6-8,13-14H2,1-5H3,(H,26,33)(H,31,32). The Morgan fingerprint density at radius 2 is 2.00 bits per heavy atom. The molecule has 0 bridgehead atoms. The number of rotatable bonds is 7. The van der Waals surface area contributed by atoms with Gasteiger partial charge in [0.2, 0.25) is 5.95 Å². The second-order valence-electron chi connectivity index (χ2n) is 9.43. The lowest BCUT2D eigenvalue weighted by atomic mass is 10.1. The molecular weight excluding hydrogens is 440 g/mol. The largest absolute Gasteiger partial charge is 0.478 e. The molecule has 1 fully saturated rings. The van der Waals surface area contributed by atoms with E-state index in [2.05, 4.69) is 35.7 Å². The van der Waals surface area contributed by atoms with Crippen LogP contribution < -0.4 is 20.9 Å². The summed E-state index contributed by atoms with van der Waals surface area (Å²) in [5.41, 5.74) is 0.343. The van der Waals surface area contributed by atoms with E-state index in [-0.39, 0.29) is 11.6 Å². The lowest BCUT2D eigenvalue weighted by Crippen LogP contribution is -2.65. The monoisotopic (exact) mass is 474 g/mol. The third-order valence-electron chi connectivity index (χ3n) is 5.53. The summed E-state index contributed by atoms with van der Waals surface area (Å²) < 4.78 is 5.26. The Balaban J connectivity index is 1.61. The van der Waals surface area contributed by atoms with Crippen molar-refractivity contribution in [3.8, 4) is 0 Å². The number of hydrogen-bond donors (Lipinski definition) is 4. The van der Waals surface area contributed by atoms with Crippen LogP contribution >= 0.6 is 0 Å². The van der Waals surface area contributed by atoms with E-state index >= 15 is 0 Å². The highest BCUT2D eigenvalue weighted by molar-refractivity contribution is 5.86. The molecule has 0 spiro atoms. The molecule has 1 aromatic rings. The molecule has 0 aliphatic carbocycles. The summed E-state index contributed by atoms with van der Waals surface area (Å²) in [6.07, 6.45) is 5.82.